The molecule has 2 aromatic carbocycles. The van der Waals surface area contributed by atoms with Gasteiger partial charge < -0.3 is 19.5 Å². The van der Waals surface area contributed by atoms with Gasteiger partial charge in [0.15, 0.2) is 0 Å². The molecule has 0 aliphatic carbocycles. The van der Waals surface area contributed by atoms with Crippen molar-refractivity contribution in [1.82, 2.24) is 0 Å². The highest BCUT2D eigenvalue weighted by atomic mass is 16.5. The molecular weight excluding hydrogens is 420 g/mol. The number of anilines is 1. The van der Waals surface area contributed by atoms with Gasteiger partial charge in [-0.3, -0.25) is 9.59 Å². The molecular formula is C26H32N2O5. The van der Waals surface area contributed by atoms with E-state index in [1.54, 1.807) is 33.0 Å². The smallest absolute Gasteiger partial charge is 0.293 e. The summed E-state index contributed by atoms with van der Waals surface area (Å²) in [6, 6.07) is 12.9. The summed E-state index contributed by atoms with van der Waals surface area (Å²) in [5.41, 5.74) is -0.974. The molecule has 0 aliphatic heterocycles. The summed E-state index contributed by atoms with van der Waals surface area (Å²) in [6.45, 7) is 5.47. The maximum Gasteiger partial charge on any atom is 0.293 e. The second-order valence-corrected chi connectivity index (χ2v) is 8.96. The third-order valence-corrected chi connectivity index (χ3v) is 6.74. The first-order valence-corrected chi connectivity index (χ1v) is 11.1. The molecule has 7 heteroatoms. The van der Waals surface area contributed by atoms with Crippen LogP contribution in [0.25, 0.3) is 10.8 Å². The number of rotatable bonds is 12. The first kappa shape index (κ1) is 26.0. The van der Waals surface area contributed by atoms with Crippen LogP contribution in [0.1, 0.15) is 45.6 Å². The largest absolute Gasteiger partial charge is 0.468 e. The quantitative estimate of drug-likeness (QED) is 0.387. The number of fused-ring (bicyclic) bond motifs is 1. The molecule has 1 N–H and O–H groups in total. The fourth-order valence-electron chi connectivity index (χ4n) is 4.87. The Morgan fingerprint density at radius 3 is 2.39 bits per heavy atom. The molecule has 0 aromatic heterocycles. The number of amides is 1. The van der Waals surface area contributed by atoms with Crippen molar-refractivity contribution in [2.45, 2.75) is 40.0 Å². The van der Waals surface area contributed by atoms with Crippen LogP contribution in [0.5, 0.6) is 0 Å². The van der Waals surface area contributed by atoms with E-state index in [1.807, 2.05) is 31.2 Å². The van der Waals surface area contributed by atoms with Crippen molar-refractivity contribution in [1.29, 1.82) is 5.26 Å². The summed E-state index contributed by atoms with van der Waals surface area (Å²) in [6.07, 6.45) is 2.14. The number of aliphatic hydroxyl groups excluding tert-OH is 1. The van der Waals surface area contributed by atoms with Gasteiger partial charge in [0.1, 0.15) is 6.29 Å². The van der Waals surface area contributed by atoms with Gasteiger partial charge in [-0.2, -0.15) is 5.26 Å². The van der Waals surface area contributed by atoms with Gasteiger partial charge in [0, 0.05) is 35.8 Å². The average Bonchev–Trinajstić information content (AvgIpc) is 2.83. The second-order valence-electron chi connectivity index (χ2n) is 8.96. The molecule has 2 unspecified atom stereocenters. The fraction of sp³-hybridized carbons (Fsp3) is 0.462. The zero-order chi connectivity index (χ0) is 24.6. The van der Waals surface area contributed by atoms with Crippen LogP contribution in [0.3, 0.4) is 0 Å². The Bertz CT molecular complexity index is 1050. The predicted octanol–water partition coefficient (Wildman–Crippen LogP) is 3.86. The summed E-state index contributed by atoms with van der Waals surface area (Å²) >= 11 is 0. The Labute approximate surface area is 194 Å². The number of hydrogen-bond donors (Lipinski definition) is 1. The van der Waals surface area contributed by atoms with Crippen LogP contribution >= 0.6 is 0 Å². The molecule has 0 saturated heterocycles. The van der Waals surface area contributed by atoms with E-state index in [4.69, 9.17) is 4.74 Å². The van der Waals surface area contributed by atoms with Crippen molar-refractivity contribution in [3.05, 3.63) is 42.0 Å². The van der Waals surface area contributed by atoms with Crippen LogP contribution in [-0.4, -0.2) is 44.0 Å². The number of benzene rings is 2. The highest BCUT2D eigenvalue weighted by Crippen LogP contribution is 2.46. The van der Waals surface area contributed by atoms with E-state index < -0.39 is 16.7 Å². The fourth-order valence-corrected chi connectivity index (χ4v) is 4.87. The summed E-state index contributed by atoms with van der Waals surface area (Å²) in [5, 5.41) is 21.1. The summed E-state index contributed by atoms with van der Waals surface area (Å²) in [4.78, 5) is 38.7. The lowest BCUT2D eigenvalue weighted by atomic mass is 9.60. The molecule has 1 amide bonds. The number of nitrogens with zero attached hydrogens (tertiary/aromatic N) is 2. The minimum Gasteiger partial charge on any atom is -0.468 e. The molecule has 0 saturated carbocycles. The lowest BCUT2D eigenvalue weighted by Gasteiger charge is -2.45. The first-order chi connectivity index (χ1) is 15.7. The van der Waals surface area contributed by atoms with Gasteiger partial charge in [0.25, 0.3) is 6.47 Å². The van der Waals surface area contributed by atoms with Crippen LogP contribution < -0.4 is 4.90 Å². The number of aliphatic hydroxyl groups is 1. The second kappa shape index (κ2) is 11.1. The topological polar surface area (TPSA) is 108 Å². The summed E-state index contributed by atoms with van der Waals surface area (Å²) in [7, 11) is 1.63. The van der Waals surface area contributed by atoms with Gasteiger partial charge in [-0.05, 0) is 31.9 Å². The van der Waals surface area contributed by atoms with E-state index in [1.165, 1.54) is 4.90 Å². The standard InChI is InChI=1S/C26H32N2O5/c1-5-12-25(2,17-30)23(16-29)26(3,13-14-33-18-31)24(32)28(4)22-11-10-19(15-27)20-8-6-7-9-21(20)22/h6-11,16,18,23,30H,5,12-14,17H2,1-4H3/t23?,25?,26-/m0/s1. The Balaban J connectivity index is 2.62. The molecule has 176 valence electrons. The van der Waals surface area contributed by atoms with E-state index in [2.05, 4.69) is 6.07 Å². The van der Waals surface area contributed by atoms with E-state index in [0.717, 1.165) is 23.5 Å². The number of hydrogen-bond acceptors (Lipinski definition) is 6. The van der Waals surface area contributed by atoms with Crippen LogP contribution in [0, 0.1) is 28.1 Å². The van der Waals surface area contributed by atoms with Gasteiger partial charge >= 0.3 is 0 Å². The molecule has 33 heavy (non-hydrogen) atoms. The van der Waals surface area contributed by atoms with E-state index in [0.29, 0.717) is 24.1 Å². The van der Waals surface area contributed by atoms with Crippen molar-refractivity contribution < 1.29 is 24.2 Å². The summed E-state index contributed by atoms with van der Waals surface area (Å²) in [5.74, 6) is -1.15. The van der Waals surface area contributed by atoms with E-state index in [-0.39, 0.29) is 25.5 Å². The number of carbonyl (C=O) groups is 3. The molecule has 7 nitrogen and oxygen atoms in total. The van der Waals surface area contributed by atoms with Gasteiger partial charge in [-0.1, -0.05) is 44.5 Å². The highest BCUT2D eigenvalue weighted by Gasteiger charge is 2.51. The van der Waals surface area contributed by atoms with Gasteiger partial charge in [0.2, 0.25) is 5.91 Å². The minimum absolute atomic E-state index is 0.0360. The lowest BCUT2D eigenvalue weighted by Crippen LogP contribution is -2.52. The molecule has 0 heterocycles. The van der Waals surface area contributed by atoms with Crippen LogP contribution in [0.2, 0.25) is 0 Å². The third kappa shape index (κ3) is 5.07. The normalized spacial score (nSPS) is 15.5. The van der Waals surface area contributed by atoms with Gasteiger partial charge in [-0.25, -0.2) is 0 Å². The average molecular weight is 453 g/mol. The zero-order valence-electron chi connectivity index (χ0n) is 19.7. The molecule has 2 aromatic rings. The molecule has 0 radical (unpaired) electrons. The maximum atomic E-state index is 14.0. The highest BCUT2D eigenvalue weighted by molar-refractivity contribution is 6.07. The Kier molecular flexibility index (Phi) is 8.72. The number of nitriles is 1. The monoisotopic (exact) mass is 452 g/mol. The molecule has 0 fully saturated rings. The third-order valence-electron chi connectivity index (χ3n) is 6.74. The number of ether oxygens (including phenoxy) is 1. The molecule has 0 aliphatic rings. The Morgan fingerprint density at radius 2 is 1.85 bits per heavy atom. The number of aldehydes is 1. The van der Waals surface area contributed by atoms with Gasteiger partial charge in [0.05, 0.1) is 29.3 Å². The summed E-state index contributed by atoms with van der Waals surface area (Å²) < 4.78 is 4.90. The van der Waals surface area contributed by atoms with Crippen LogP contribution in [0.4, 0.5) is 5.69 Å². The van der Waals surface area contributed by atoms with Crippen molar-refractivity contribution in [3.8, 4) is 6.07 Å². The zero-order valence-corrected chi connectivity index (χ0v) is 19.7. The minimum atomic E-state index is -1.25. The maximum absolute atomic E-state index is 14.0. The van der Waals surface area contributed by atoms with Crippen molar-refractivity contribution >= 4 is 35.1 Å². The first-order valence-electron chi connectivity index (χ1n) is 11.1. The SMILES string of the molecule is CCCC(C)(CO)C(C=O)[C@](C)(CCOC=O)C(=O)N(C)c1ccc(C#N)c2ccccc12. The van der Waals surface area contributed by atoms with Crippen LogP contribution in [-0.2, 0) is 19.1 Å². The van der Waals surface area contributed by atoms with E-state index >= 15 is 0 Å². The molecule has 0 bridgehead atoms. The Hall–Kier alpha value is -3.24. The number of carbonyl (C=O) groups excluding carboxylic acids is 3. The van der Waals surface area contributed by atoms with Crippen molar-refractivity contribution in [2.75, 3.05) is 25.2 Å². The predicted molar refractivity (Wildman–Crippen MR) is 126 cm³/mol. The van der Waals surface area contributed by atoms with Crippen molar-refractivity contribution in [3.63, 3.8) is 0 Å². The Morgan fingerprint density at radius 1 is 1.18 bits per heavy atom. The molecule has 2 rings (SSSR count). The van der Waals surface area contributed by atoms with E-state index in [9.17, 15) is 24.8 Å². The van der Waals surface area contributed by atoms with Crippen LogP contribution in [0.15, 0.2) is 36.4 Å². The molecule has 0 spiro atoms. The van der Waals surface area contributed by atoms with Gasteiger partial charge in [-0.15, -0.1) is 0 Å². The molecule has 3 atom stereocenters. The lowest BCUT2D eigenvalue weighted by molar-refractivity contribution is -0.144. The van der Waals surface area contributed by atoms with Crippen molar-refractivity contribution in [2.24, 2.45) is 16.7 Å².